The van der Waals surface area contributed by atoms with Crippen LogP contribution in [0.15, 0.2) is 40.9 Å². The summed E-state index contributed by atoms with van der Waals surface area (Å²) < 4.78 is 57.5. The van der Waals surface area contributed by atoms with Crippen LogP contribution < -0.4 is 4.90 Å². The van der Waals surface area contributed by atoms with Gasteiger partial charge in [-0.05, 0) is 24.3 Å². The first-order chi connectivity index (χ1) is 15.4. The molecule has 4 rings (SSSR count). The summed E-state index contributed by atoms with van der Waals surface area (Å²) in [6.07, 6.45) is -1.53. The molecule has 2 aromatic heterocycles. The van der Waals surface area contributed by atoms with Gasteiger partial charge in [0.15, 0.2) is 11.6 Å². The number of hydrogen-bond donors (Lipinski definition) is 0. The van der Waals surface area contributed by atoms with Gasteiger partial charge in [0.05, 0.1) is 17.8 Å². The first-order valence-corrected chi connectivity index (χ1v) is 10.7. The molecule has 3 heterocycles. The highest BCUT2D eigenvalue weighted by molar-refractivity contribution is 7.99. The topological polar surface area (TPSA) is 75.4 Å². The van der Waals surface area contributed by atoms with Gasteiger partial charge >= 0.3 is 12.5 Å². The zero-order valence-corrected chi connectivity index (χ0v) is 17.4. The molecule has 1 fully saturated rings. The van der Waals surface area contributed by atoms with E-state index in [0.717, 1.165) is 23.6 Å². The predicted molar refractivity (Wildman–Crippen MR) is 109 cm³/mol. The Kier molecular flexibility index (Phi) is 6.58. The molecule has 0 saturated carbocycles. The monoisotopic (exact) mass is 467 g/mol. The van der Waals surface area contributed by atoms with Crippen molar-refractivity contribution >= 4 is 23.5 Å². The lowest BCUT2D eigenvalue weighted by molar-refractivity contribution is 0.116. The third-order valence-electron chi connectivity index (χ3n) is 4.75. The predicted octanol–water partition coefficient (Wildman–Crippen LogP) is 4.52. The van der Waals surface area contributed by atoms with Crippen molar-refractivity contribution in [2.24, 2.45) is 0 Å². The number of anilines is 1. The van der Waals surface area contributed by atoms with Gasteiger partial charge in [-0.2, -0.15) is 20.5 Å². The Balaban J connectivity index is 1.58. The Bertz CT molecular complexity index is 1090. The molecule has 168 valence electrons. The smallest absolute Gasteiger partial charge is 0.324 e. The van der Waals surface area contributed by atoms with Gasteiger partial charge in [-0.25, -0.2) is 13.6 Å². The quantitative estimate of drug-likeness (QED) is 0.514. The van der Waals surface area contributed by atoms with Crippen molar-refractivity contribution in [2.75, 3.05) is 29.5 Å². The number of thioether (sulfide) groups is 1. The molecule has 7 nitrogen and oxygen atoms in total. The van der Waals surface area contributed by atoms with Crippen molar-refractivity contribution in [1.82, 2.24) is 20.1 Å². The Morgan fingerprint density at radius 2 is 1.91 bits per heavy atom. The molecule has 0 N–H and O–H groups in total. The van der Waals surface area contributed by atoms with Crippen LogP contribution in [0.1, 0.15) is 18.0 Å². The molecule has 0 atom stereocenters. The number of benzene rings is 1. The summed E-state index contributed by atoms with van der Waals surface area (Å²) in [5, 5.41) is 6.84. The third kappa shape index (κ3) is 4.85. The lowest BCUT2D eigenvalue weighted by Crippen LogP contribution is -2.46. The second-order valence-corrected chi connectivity index (χ2v) is 8.08. The van der Waals surface area contributed by atoms with E-state index < -0.39 is 24.0 Å². The van der Waals surface area contributed by atoms with E-state index in [-0.39, 0.29) is 24.2 Å². The summed E-state index contributed by atoms with van der Waals surface area (Å²) in [5.41, 5.74) is 0.954. The van der Waals surface area contributed by atoms with Crippen LogP contribution in [0.2, 0.25) is 0 Å². The molecule has 0 aliphatic carbocycles. The van der Waals surface area contributed by atoms with E-state index in [0.29, 0.717) is 24.3 Å². The lowest BCUT2D eigenvalue weighted by Gasteiger charge is -2.32. The number of nitrogens with zero attached hydrogens (tertiary/aromatic N) is 5. The number of pyridine rings is 1. The number of hydrogen-bond acceptors (Lipinski definition) is 6. The number of halogens is 4. The van der Waals surface area contributed by atoms with E-state index in [1.165, 1.54) is 23.2 Å². The van der Waals surface area contributed by atoms with Gasteiger partial charge < -0.3 is 9.32 Å². The summed E-state index contributed by atoms with van der Waals surface area (Å²) >= 11 is 1.73. The van der Waals surface area contributed by atoms with Crippen LogP contribution >= 0.6 is 11.8 Å². The van der Waals surface area contributed by atoms with Gasteiger partial charge in [-0.1, -0.05) is 0 Å². The number of carbonyl (C=O) groups is 1. The number of carbonyl (C=O) groups excluding carboxylic acids is 1. The Morgan fingerprint density at radius 3 is 2.53 bits per heavy atom. The minimum Gasteiger partial charge on any atom is -0.415 e. The third-order valence-corrected chi connectivity index (χ3v) is 5.69. The van der Waals surface area contributed by atoms with E-state index in [2.05, 4.69) is 15.2 Å². The fraction of sp³-hybridized carbons (Fsp3) is 0.300. The molecule has 12 heteroatoms. The van der Waals surface area contributed by atoms with E-state index in [9.17, 15) is 22.4 Å². The molecule has 0 bridgehead atoms. The minimum atomic E-state index is -2.88. The van der Waals surface area contributed by atoms with Gasteiger partial charge in [0.25, 0.3) is 5.89 Å². The summed E-state index contributed by atoms with van der Waals surface area (Å²) in [6.45, 7) is 1.07. The van der Waals surface area contributed by atoms with Crippen LogP contribution in [-0.4, -0.2) is 50.7 Å². The zero-order chi connectivity index (χ0) is 22.7. The number of amides is 2. The highest BCUT2D eigenvalue weighted by Crippen LogP contribution is 2.25. The van der Waals surface area contributed by atoms with E-state index in [4.69, 9.17) is 4.42 Å². The average molecular weight is 467 g/mol. The second kappa shape index (κ2) is 9.55. The molecule has 2 amide bonds. The number of rotatable bonds is 5. The first kappa shape index (κ1) is 22.1. The molecule has 1 saturated heterocycles. The van der Waals surface area contributed by atoms with Crippen molar-refractivity contribution in [1.29, 1.82) is 0 Å². The molecule has 3 aromatic rings. The van der Waals surface area contributed by atoms with Gasteiger partial charge in [0.1, 0.15) is 0 Å². The molecular weight excluding hydrogens is 450 g/mol. The van der Waals surface area contributed by atoms with E-state index in [1.54, 1.807) is 22.7 Å². The first-order valence-electron chi connectivity index (χ1n) is 9.58. The van der Waals surface area contributed by atoms with Crippen LogP contribution in [0.3, 0.4) is 0 Å². The molecule has 0 spiro atoms. The summed E-state index contributed by atoms with van der Waals surface area (Å²) in [4.78, 5) is 20.4. The largest absolute Gasteiger partial charge is 0.415 e. The molecule has 0 unspecified atom stereocenters. The van der Waals surface area contributed by atoms with Crippen LogP contribution in [0.4, 0.5) is 28.0 Å². The molecule has 1 aliphatic rings. The van der Waals surface area contributed by atoms with Gasteiger partial charge in [0.2, 0.25) is 5.89 Å². The summed E-state index contributed by atoms with van der Waals surface area (Å²) in [5.74, 6) is -1.41. The van der Waals surface area contributed by atoms with Crippen LogP contribution in [0.25, 0.3) is 11.5 Å². The fourth-order valence-corrected chi connectivity index (χ4v) is 4.00. The average Bonchev–Trinajstić information content (AvgIpc) is 3.31. The van der Waals surface area contributed by atoms with Crippen LogP contribution in [0.5, 0.6) is 0 Å². The molecule has 32 heavy (non-hydrogen) atoms. The van der Waals surface area contributed by atoms with Gasteiger partial charge in [-0.3, -0.25) is 9.88 Å². The Labute approximate surface area is 184 Å². The van der Waals surface area contributed by atoms with Gasteiger partial charge in [0, 0.05) is 42.5 Å². The maximum Gasteiger partial charge on any atom is 0.324 e. The Hall–Kier alpha value is -3.15. The van der Waals surface area contributed by atoms with Crippen molar-refractivity contribution in [3.63, 3.8) is 0 Å². The maximum atomic E-state index is 13.9. The molecule has 1 aliphatic heterocycles. The number of urea groups is 1. The van der Waals surface area contributed by atoms with Crippen molar-refractivity contribution in [3.8, 4) is 11.5 Å². The minimum absolute atomic E-state index is 0.0139. The van der Waals surface area contributed by atoms with Crippen molar-refractivity contribution in [3.05, 3.63) is 59.7 Å². The second-order valence-electron chi connectivity index (χ2n) is 6.85. The van der Waals surface area contributed by atoms with Crippen molar-refractivity contribution in [2.45, 2.75) is 13.0 Å². The molecule has 1 aromatic carbocycles. The maximum absolute atomic E-state index is 13.9. The van der Waals surface area contributed by atoms with Crippen molar-refractivity contribution < 1.29 is 26.8 Å². The van der Waals surface area contributed by atoms with E-state index in [1.807, 2.05) is 0 Å². The molecule has 0 radical (unpaired) electrons. The summed E-state index contributed by atoms with van der Waals surface area (Å²) in [7, 11) is 0. The fourth-order valence-electron chi connectivity index (χ4n) is 3.09. The van der Waals surface area contributed by atoms with E-state index >= 15 is 0 Å². The number of alkyl halides is 2. The van der Waals surface area contributed by atoms with Gasteiger partial charge in [-0.15, -0.1) is 10.2 Å². The van der Waals surface area contributed by atoms with Crippen LogP contribution in [-0.2, 0) is 6.54 Å². The number of aromatic nitrogens is 3. The standard InChI is InChI=1S/C20H17F4N5O2S/c21-15-4-3-14(9-16(15)22)29(20(30)28-5-7-32-8-6-28)11-13-2-1-12(10-25-13)18-26-27-19(31-18)17(23)24/h1-4,9-10,17H,5-8,11H2. The molecular formula is C20H17F4N5O2S. The Morgan fingerprint density at radius 1 is 1.12 bits per heavy atom. The lowest BCUT2D eigenvalue weighted by atomic mass is 10.2. The summed E-state index contributed by atoms with van der Waals surface area (Å²) in [6, 6.07) is 6.01. The normalized spacial score (nSPS) is 14.1. The SMILES string of the molecule is O=C(N1CCSCC1)N(Cc1ccc(-c2nnc(C(F)F)o2)cn1)c1ccc(F)c(F)c1. The highest BCUT2D eigenvalue weighted by atomic mass is 32.2. The van der Waals surface area contributed by atoms with Crippen LogP contribution in [0, 0.1) is 11.6 Å². The zero-order valence-electron chi connectivity index (χ0n) is 16.5. The highest BCUT2D eigenvalue weighted by Gasteiger charge is 2.25.